The quantitative estimate of drug-likeness (QED) is 0.755. The molecule has 0 radical (unpaired) electrons. The molecule has 1 atom stereocenters. The molecule has 2 rings (SSSR count). The summed E-state index contributed by atoms with van der Waals surface area (Å²) in [7, 11) is 0. The van der Waals surface area contributed by atoms with E-state index < -0.39 is 0 Å². The minimum Gasteiger partial charge on any atom is -0.508 e. The van der Waals surface area contributed by atoms with Crippen LogP contribution in [-0.4, -0.2) is 16.3 Å². The highest BCUT2D eigenvalue weighted by molar-refractivity contribution is 5.46. The molecule has 106 valence electrons. The number of hydrogen-bond acceptors (Lipinski definition) is 3. The molecule has 0 bridgehead atoms. The van der Waals surface area contributed by atoms with E-state index in [9.17, 15) is 5.11 Å². The maximum Gasteiger partial charge on any atom is 0.115 e. The number of nitrogens with one attached hydrogen (secondary N) is 1. The highest BCUT2D eigenvalue weighted by Crippen LogP contribution is 2.15. The number of phenolic OH excluding ortho intramolecular Hbond substituents is 1. The van der Waals surface area contributed by atoms with Crippen molar-refractivity contribution in [2.24, 2.45) is 0 Å². The van der Waals surface area contributed by atoms with Gasteiger partial charge in [0.1, 0.15) is 5.75 Å². The van der Waals surface area contributed by atoms with Crippen LogP contribution in [0.3, 0.4) is 0 Å². The topological polar surface area (TPSA) is 52.5 Å². The zero-order valence-electron chi connectivity index (χ0n) is 11.7. The van der Waals surface area contributed by atoms with E-state index in [2.05, 4.69) is 12.2 Å². The fourth-order valence-electron chi connectivity index (χ4n) is 2.16. The van der Waals surface area contributed by atoms with Gasteiger partial charge in [0.05, 0.1) is 6.61 Å². The number of aliphatic hydroxyl groups excluding tert-OH is 1. The highest BCUT2D eigenvalue weighted by atomic mass is 16.3. The van der Waals surface area contributed by atoms with Crippen molar-refractivity contribution in [1.82, 2.24) is 0 Å². The van der Waals surface area contributed by atoms with Crippen molar-refractivity contribution in [2.75, 3.05) is 5.32 Å². The van der Waals surface area contributed by atoms with Crippen LogP contribution in [-0.2, 0) is 13.0 Å². The van der Waals surface area contributed by atoms with E-state index in [1.807, 2.05) is 36.4 Å². The van der Waals surface area contributed by atoms with Gasteiger partial charge >= 0.3 is 0 Å². The fraction of sp³-hybridized carbons (Fsp3) is 0.294. The van der Waals surface area contributed by atoms with Crippen LogP contribution in [0.15, 0.2) is 48.5 Å². The van der Waals surface area contributed by atoms with Crippen molar-refractivity contribution in [3.05, 3.63) is 59.7 Å². The molecule has 0 unspecified atom stereocenters. The van der Waals surface area contributed by atoms with Crippen molar-refractivity contribution in [2.45, 2.75) is 32.4 Å². The lowest BCUT2D eigenvalue weighted by atomic mass is 10.1. The molecule has 0 heterocycles. The summed E-state index contributed by atoms with van der Waals surface area (Å²) in [4.78, 5) is 0. The first-order valence-corrected chi connectivity index (χ1v) is 6.91. The molecule has 0 saturated heterocycles. The van der Waals surface area contributed by atoms with Gasteiger partial charge < -0.3 is 15.5 Å². The number of aliphatic hydroxyl groups is 1. The first kappa shape index (κ1) is 14.4. The second-order valence-electron chi connectivity index (χ2n) is 5.11. The van der Waals surface area contributed by atoms with Crippen LogP contribution in [0.1, 0.15) is 24.5 Å². The Labute approximate surface area is 119 Å². The van der Waals surface area contributed by atoms with Gasteiger partial charge in [-0.2, -0.15) is 0 Å². The summed E-state index contributed by atoms with van der Waals surface area (Å²) in [6.45, 7) is 2.21. The number of aryl methyl sites for hydroxylation is 1. The maximum atomic E-state index is 9.25. The molecule has 0 spiro atoms. The second kappa shape index (κ2) is 6.96. The van der Waals surface area contributed by atoms with Gasteiger partial charge in [-0.05, 0) is 55.2 Å². The summed E-state index contributed by atoms with van der Waals surface area (Å²) >= 11 is 0. The van der Waals surface area contributed by atoms with Crippen molar-refractivity contribution in [3.63, 3.8) is 0 Å². The summed E-state index contributed by atoms with van der Waals surface area (Å²) < 4.78 is 0. The summed E-state index contributed by atoms with van der Waals surface area (Å²) in [6, 6.07) is 15.5. The summed E-state index contributed by atoms with van der Waals surface area (Å²) in [5.41, 5.74) is 3.18. The second-order valence-corrected chi connectivity index (χ2v) is 5.11. The standard InChI is InChI=1S/C17H21NO2/c1-13(5-6-14-7-9-17(20)10-8-14)18-16-4-2-3-15(11-16)12-19/h2-4,7-11,13,18-20H,5-6,12H2,1H3/t13-/m0/s1. The van der Waals surface area contributed by atoms with Gasteiger partial charge in [-0.3, -0.25) is 0 Å². The minimum absolute atomic E-state index is 0.0669. The molecule has 0 fully saturated rings. The van der Waals surface area contributed by atoms with Crippen LogP contribution in [0.2, 0.25) is 0 Å². The van der Waals surface area contributed by atoms with Crippen molar-refractivity contribution in [1.29, 1.82) is 0 Å². The van der Waals surface area contributed by atoms with E-state index in [1.54, 1.807) is 12.1 Å². The van der Waals surface area contributed by atoms with Crippen LogP contribution >= 0.6 is 0 Å². The molecule has 0 aliphatic carbocycles. The molecule has 3 N–H and O–H groups in total. The van der Waals surface area contributed by atoms with E-state index in [0.29, 0.717) is 11.8 Å². The lowest BCUT2D eigenvalue weighted by Gasteiger charge is -2.16. The first-order valence-electron chi connectivity index (χ1n) is 6.91. The predicted octanol–water partition coefficient (Wildman–Crippen LogP) is 3.32. The molecular weight excluding hydrogens is 250 g/mol. The van der Waals surface area contributed by atoms with Crippen molar-refractivity contribution in [3.8, 4) is 5.75 Å². The van der Waals surface area contributed by atoms with Gasteiger partial charge in [-0.25, -0.2) is 0 Å². The van der Waals surface area contributed by atoms with Crippen LogP contribution in [0.4, 0.5) is 5.69 Å². The molecule has 3 heteroatoms. The first-order chi connectivity index (χ1) is 9.67. The Bertz CT molecular complexity index is 537. The third-order valence-electron chi connectivity index (χ3n) is 3.32. The Morgan fingerprint density at radius 1 is 1.05 bits per heavy atom. The van der Waals surface area contributed by atoms with Crippen LogP contribution in [0.5, 0.6) is 5.75 Å². The van der Waals surface area contributed by atoms with E-state index in [0.717, 1.165) is 24.1 Å². The smallest absolute Gasteiger partial charge is 0.115 e. The summed E-state index contributed by atoms with van der Waals surface area (Å²) in [5, 5.41) is 21.8. The van der Waals surface area contributed by atoms with Gasteiger partial charge in [0.25, 0.3) is 0 Å². The molecule has 0 saturated carbocycles. The molecule has 0 aliphatic rings. The number of hydrogen-bond donors (Lipinski definition) is 3. The van der Waals surface area contributed by atoms with Crippen LogP contribution in [0.25, 0.3) is 0 Å². The number of phenols is 1. The molecule has 0 aromatic heterocycles. The average molecular weight is 271 g/mol. The van der Waals surface area contributed by atoms with E-state index >= 15 is 0 Å². The number of benzene rings is 2. The van der Waals surface area contributed by atoms with E-state index in [-0.39, 0.29) is 6.61 Å². The zero-order valence-corrected chi connectivity index (χ0v) is 11.7. The number of anilines is 1. The van der Waals surface area contributed by atoms with Crippen molar-refractivity contribution < 1.29 is 10.2 Å². The highest BCUT2D eigenvalue weighted by Gasteiger charge is 2.03. The Morgan fingerprint density at radius 2 is 1.80 bits per heavy atom. The van der Waals surface area contributed by atoms with Gasteiger partial charge in [0, 0.05) is 11.7 Å². The fourth-order valence-corrected chi connectivity index (χ4v) is 2.16. The van der Waals surface area contributed by atoms with Gasteiger partial charge in [0.15, 0.2) is 0 Å². The Morgan fingerprint density at radius 3 is 2.50 bits per heavy atom. The Balaban J connectivity index is 1.85. The Kier molecular flexibility index (Phi) is 5.02. The Hall–Kier alpha value is -2.00. The van der Waals surface area contributed by atoms with E-state index in [1.165, 1.54) is 5.56 Å². The third kappa shape index (κ3) is 4.28. The molecule has 0 aliphatic heterocycles. The van der Waals surface area contributed by atoms with Gasteiger partial charge in [-0.1, -0.05) is 24.3 Å². The molecule has 2 aromatic rings. The predicted molar refractivity (Wildman–Crippen MR) is 81.9 cm³/mol. The lowest BCUT2D eigenvalue weighted by Crippen LogP contribution is -2.16. The minimum atomic E-state index is 0.0669. The number of aromatic hydroxyl groups is 1. The lowest BCUT2D eigenvalue weighted by molar-refractivity contribution is 0.282. The third-order valence-corrected chi connectivity index (χ3v) is 3.32. The van der Waals surface area contributed by atoms with E-state index in [4.69, 9.17) is 5.11 Å². The molecule has 2 aromatic carbocycles. The monoisotopic (exact) mass is 271 g/mol. The van der Waals surface area contributed by atoms with Gasteiger partial charge in [0.2, 0.25) is 0 Å². The summed E-state index contributed by atoms with van der Waals surface area (Å²) in [5.74, 6) is 0.306. The van der Waals surface area contributed by atoms with Gasteiger partial charge in [-0.15, -0.1) is 0 Å². The van der Waals surface area contributed by atoms with Crippen LogP contribution < -0.4 is 5.32 Å². The zero-order chi connectivity index (χ0) is 14.4. The largest absolute Gasteiger partial charge is 0.508 e. The normalized spacial score (nSPS) is 12.1. The molecule has 20 heavy (non-hydrogen) atoms. The average Bonchev–Trinajstić information content (AvgIpc) is 2.47. The van der Waals surface area contributed by atoms with Crippen molar-refractivity contribution >= 4 is 5.69 Å². The summed E-state index contributed by atoms with van der Waals surface area (Å²) in [6.07, 6.45) is 1.97. The molecule has 0 amide bonds. The molecule has 3 nitrogen and oxygen atoms in total. The molecular formula is C17H21NO2. The van der Waals surface area contributed by atoms with Crippen LogP contribution in [0, 0.1) is 0 Å². The maximum absolute atomic E-state index is 9.25. The number of rotatable bonds is 6. The SMILES string of the molecule is C[C@@H](CCc1ccc(O)cc1)Nc1cccc(CO)c1.